The van der Waals surface area contributed by atoms with Gasteiger partial charge in [0.15, 0.2) is 6.61 Å². The lowest BCUT2D eigenvalue weighted by molar-refractivity contribution is -0.171. The fourth-order valence-corrected chi connectivity index (χ4v) is 6.49. The number of rotatable bonds is 4. The molecular formula is C16H23BrN2O4. The molecule has 0 spiro atoms. The monoisotopic (exact) mass is 386 g/mol. The van der Waals surface area contributed by atoms with Gasteiger partial charge in [0.1, 0.15) is 0 Å². The van der Waals surface area contributed by atoms with Crippen LogP contribution in [0.4, 0.5) is 4.79 Å². The first-order valence-electron chi connectivity index (χ1n) is 8.28. The van der Waals surface area contributed by atoms with Crippen LogP contribution < -0.4 is 10.6 Å². The molecule has 4 saturated carbocycles. The van der Waals surface area contributed by atoms with Crippen LogP contribution in [0.25, 0.3) is 0 Å². The molecule has 4 fully saturated rings. The minimum Gasteiger partial charge on any atom is -0.455 e. The Labute approximate surface area is 144 Å². The summed E-state index contributed by atoms with van der Waals surface area (Å²) in [4.78, 5) is 35.6. The van der Waals surface area contributed by atoms with Crippen molar-refractivity contribution in [3.8, 4) is 0 Å². The highest BCUT2D eigenvalue weighted by molar-refractivity contribution is 9.10. The van der Waals surface area contributed by atoms with E-state index in [0.29, 0.717) is 18.4 Å². The summed E-state index contributed by atoms with van der Waals surface area (Å²) in [7, 11) is 0. The fourth-order valence-electron chi connectivity index (χ4n) is 5.04. The second-order valence-corrected chi connectivity index (χ2v) is 9.06. The summed E-state index contributed by atoms with van der Waals surface area (Å²) >= 11 is 3.85. The lowest BCUT2D eigenvalue weighted by atomic mass is 9.49. The first-order valence-corrected chi connectivity index (χ1v) is 9.07. The van der Waals surface area contributed by atoms with Gasteiger partial charge < -0.3 is 10.1 Å². The third kappa shape index (κ3) is 3.39. The Hall–Kier alpha value is -1.11. The van der Waals surface area contributed by atoms with Gasteiger partial charge in [0.25, 0.3) is 5.91 Å². The maximum absolute atomic E-state index is 12.6. The molecule has 4 rings (SSSR count). The predicted molar refractivity (Wildman–Crippen MR) is 86.9 cm³/mol. The largest absolute Gasteiger partial charge is 0.455 e. The SMILES string of the molecule is CCNC(=O)NC(=O)COC(=O)C12C[C@@H]3C[C@@H](CC(Br)(C3)C1)C2. The minimum absolute atomic E-state index is 0.0688. The number of ether oxygens (including phenoxy) is 1. The zero-order chi connectivity index (χ0) is 16.7. The Kier molecular flexibility index (Phi) is 4.42. The molecule has 4 atom stereocenters. The lowest BCUT2D eigenvalue weighted by Gasteiger charge is -2.58. The van der Waals surface area contributed by atoms with Gasteiger partial charge in [-0.2, -0.15) is 0 Å². The van der Waals surface area contributed by atoms with Crippen molar-refractivity contribution in [3.63, 3.8) is 0 Å². The molecule has 0 saturated heterocycles. The third-order valence-corrected chi connectivity index (χ3v) is 6.28. The summed E-state index contributed by atoms with van der Waals surface area (Å²) in [5.41, 5.74) is -0.445. The number of carbonyl (C=O) groups is 3. The van der Waals surface area contributed by atoms with Gasteiger partial charge in [-0.25, -0.2) is 4.79 Å². The maximum Gasteiger partial charge on any atom is 0.321 e. The molecular weight excluding hydrogens is 364 g/mol. The fraction of sp³-hybridized carbons (Fsp3) is 0.812. The van der Waals surface area contributed by atoms with E-state index in [9.17, 15) is 14.4 Å². The van der Waals surface area contributed by atoms with Crippen LogP contribution in [0.1, 0.15) is 45.4 Å². The topological polar surface area (TPSA) is 84.5 Å². The van der Waals surface area contributed by atoms with Crippen molar-refractivity contribution in [1.82, 2.24) is 10.6 Å². The van der Waals surface area contributed by atoms with Crippen LogP contribution in [0.3, 0.4) is 0 Å². The smallest absolute Gasteiger partial charge is 0.321 e. The van der Waals surface area contributed by atoms with Gasteiger partial charge in [-0.05, 0) is 57.3 Å². The van der Waals surface area contributed by atoms with Crippen molar-refractivity contribution < 1.29 is 19.1 Å². The molecule has 0 aromatic rings. The van der Waals surface area contributed by atoms with E-state index in [1.165, 1.54) is 6.42 Å². The van der Waals surface area contributed by atoms with E-state index in [-0.39, 0.29) is 10.3 Å². The quantitative estimate of drug-likeness (QED) is 0.572. The number of urea groups is 1. The molecule has 23 heavy (non-hydrogen) atoms. The van der Waals surface area contributed by atoms with Crippen molar-refractivity contribution in [3.05, 3.63) is 0 Å². The molecule has 4 aliphatic carbocycles. The van der Waals surface area contributed by atoms with Crippen molar-refractivity contribution in [2.45, 2.75) is 49.8 Å². The second kappa shape index (κ2) is 6.07. The molecule has 2 N–H and O–H groups in total. The molecule has 0 aliphatic heterocycles. The van der Waals surface area contributed by atoms with Crippen molar-refractivity contribution in [1.29, 1.82) is 0 Å². The molecule has 0 radical (unpaired) electrons. The number of esters is 1. The third-order valence-electron chi connectivity index (χ3n) is 5.35. The Morgan fingerprint density at radius 1 is 1.17 bits per heavy atom. The lowest BCUT2D eigenvalue weighted by Crippen LogP contribution is -2.56. The van der Waals surface area contributed by atoms with E-state index in [2.05, 4.69) is 26.6 Å². The molecule has 4 aliphatic rings. The van der Waals surface area contributed by atoms with Gasteiger partial charge in [-0.15, -0.1) is 0 Å². The van der Waals surface area contributed by atoms with Crippen LogP contribution in [-0.4, -0.2) is 35.4 Å². The van der Waals surface area contributed by atoms with Crippen molar-refractivity contribution in [2.75, 3.05) is 13.2 Å². The van der Waals surface area contributed by atoms with Crippen molar-refractivity contribution >= 4 is 33.8 Å². The first-order chi connectivity index (χ1) is 10.8. The van der Waals surface area contributed by atoms with Crippen LogP contribution in [0.15, 0.2) is 0 Å². The van der Waals surface area contributed by atoms with Crippen LogP contribution in [0, 0.1) is 17.3 Å². The molecule has 0 aromatic carbocycles. The van der Waals surface area contributed by atoms with Crippen molar-refractivity contribution in [2.24, 2.45) is 17.3 Å². The summed E-state index contributed by atoms with van der Waals surface area (Å²) in [6, 6.07) is -0.567. The molecule has 128 valence electrons. The van der Waals surface area contributed by atoms with Gasteiger partial charge >= 0.3 is 12.0 Å². The molecule has 0 aromatic heterocycles. The molecule has 6 nitrogen and oxygen atoms in total. The number of amides is 3. The number of halogens is 1. The zero-order valence-electron chi connectivity index (χ0n) is 13.3. The normalized spacial score (nSPS) is 37.3. The van der Waals surface area contributed by atoms with Gasteiger partial charge in [0.2, 0.25) is 0 Å². The zero-order valence-corrected chi connectivity index (χ0v) is 14.9. The molecule has 4 bridgehead atoms. The highest BCUT2D eigenvalue weighted by Gasteiger charge is 2.60. The summed E-state index contributed by atoms with van der Waals surface area (Å²) in [5, 5.41) is 4.60. The average Bonchev–Trinajstić information content (AvgIpc) is 2.42. The summed E-state index contributed by atoms with van der Waals surface area (Å²) in [5.74, 6) is 0.281. The van der Waals surface area contributed by atoms with Gasteiger partial charge in [0.05, 0.1) is 5.41 Å². The number of carbonyl (C=O) groups excluding carboxylic acids is 3. The summed E-state index contributed by atoms with van der Waals surface area (Å²) in [6.45, 7) is 1.79. The molecule has 2 unspecified atom stereocenters. The van der Waals surface area contributed by atoms with E-state index >= 15 is 0 Å². The number of imide groups is 1. The van der Waals surface area contributed by atoms with Crippen LogP contribution in [-0.2, 0) is 14.3 Å². The Morgan fingerprint density at radius 2 is 1.83 bits per heavy atom. The van der Waals surface area contributed by atoms with Crippen LogP contribution in [0.5, 0.6) is 0 Å². The summed E-state index contributed by atoms with van der Waals surface area (Å²) < 4.78 is 5.33. The Balaban J connectivity index is 1.56. The van der Waals surface area contributed by atoms with Gasteiger partial charge in [-0.3, -0.25) is 14.9 Å². The van der Waals surface area contributed by atoms with E-state index < -0.39 is 24.0 Å². The minimum atomic E-state index is -0.595. The Morgan fingerprint density at radius 3 is 2.39 bits per heavy atom. The van der Waals surface area contributed by atoms with E-state index in [1.807, 2.05) is 0 Å². The Bertz CT molecular complexity index is 522. The van der Waals surface area contributed by atoms with Crippen LogP contribution in [0.2, 0.25) is 0 Å². The summed E-state index contributed by atoms with van der Waals surface area (Å²) in [6.07, 6.45) is 6.01. The number of hydrogen-bond acceptors (Lipinski definition) is 4. The number of alkyl halides is 1. The van der Waals surface area contributed by atoms with E-state index in [4.69, 9.17) is 4.74 Å². The highest BCUT2D eigenvalue weighted by Crippen LogP contribution is 2.64. The van der Waals surface area contributed by atoms with E-state index in [1.54, 1.807) is 6.92 Å². The maximum atomic E-state index is 12.6. The predicted octanol–water partition coefficient (Wildman–Crippen LogP) is 2.11. The van der Waals surface area contributed by atoms with Crippen LogP contribution >= 0.6 is 15.9 Å². The van der Waals surface area contributed by atoms with Gasteiger partial charge in [0, 0.05) is 10.9 Å². The molecule has 0 heterocycles. The molecule has 3 amide bonds. The highest BCUT2D eigenvalue weighted by atomic mass is 79.9. The van der Waals surface area contributed by atoms with E-state index in [0.717, 1.165) is 32.1 Å². The van der Waals surface area contributed by atoms with Gasteiger partial charge in [-0.1, -0.05) is 15.9 Å². The average molecular weight is 387 g/mol. The first kappa shape index (κ1) is 16.7. The standard InChI is InChI=1S/C16H23BrN2O4/c1-2-18-14(22)19-12(20)8-23-13(21)15-4-10-3-11(5-15)7-16(17,6-10)9-15/h10-11H,2-9H2,1H3,(H2,18,19,20,22)/t10-,11+,15?,16?. The second-order valence-electron chi connectivity index (χ2n) is 7.38. The number of nitrogens with one attached hydrogen (secondary N) is 2. The molecule has 7 heteroatoms. The number of hydrogen-bond donors (Lipinski definition) is 2.